The Bertz CT molecular complexity index is 697. The van der Waals surface area contributed by atoms with Crippen molar-refractivity contribution in [2.45, 2.75) is 32.3 Å². The van der Waals surface area contributed by atoms with E-state index in [-0.39, 0.29) is 6.54 Å². The normalized spacial score (nSPS) is 13.9. The minimum atomic E-state index is -1.06. The van der Waals surface area contributed by atoms with Crippen LogP contribution < -0.4 is 15.4 Å². The standard InChI is InChI=1S/C20H31N5O2/c1-4-21-19(23-16-20(2,26)17-14-24-25(3)15-17)22-12-8-9-13-27-18-10-6-5-7-11-18/h5-7,10-11,14-15,26H,4,8-9,12-13,16H2,1-3H3,(H2,21,22,23). The number of aliphatic hydroxyl groups is 1. The summed E-state index contributed by atoms with van der Waals surface area (Å²) in [6, 6.07) is 9.83. The largest absolute Gasteiger partial charge is 0.494 e. The number of unbranched alkanes of at least 4 members (excludes halogenated alkanes) is 1. The van der Waals surface area contributed by atoms with Gasteiger partial charge in [0, 0.05) is 31.9 Å². The van der Waals surface area contributed by atoms with Crippen molar-refractivity contribution in [3.05, 3.63) is 48.3 Å². The lowest BCUT2D eigenvalue weighted by molar-refractivity contribution is 0.0672. The summed E-state index contributed by atoms with van der Waals surface area (Å²) in [7, 11) is 1.83. The van der Waals surface area contributed by atoms with E-state index in [1.165, 1.54) is 0 Å². The fourth-order valence-corrected chi connectivity index (χ4v) is 2.51. The predicted octanol–water partition coefficient (Wildman–Crippen LogP) is 2.04. The molecule has 0 saturated heterocycles. The number of aliphatic imine (C=N–C) groups is 1. The number of guanidine groups is 1. The second-order valence-corrected chi connectivity index (χ2v) is 6.67. The van der Waals surface area contributed by atoms with Crippen molar-refractivity contribution in [3.8, 4) is 5.75 Å². The number of nitrogens with one attached hydrogen (secondary N) is 2. The van der Waals surface area contributed by atoms with Gasteiger partial charge in [-0.1, -0.05) is 18.2 Å². The first kappa shape index (κ1) is 20.8. The molecule has 0 aliphatic rings. The van der Waals surface area contributed by atoms with E-state index < -0.39 is 5.60 Å². The Balaban J connectivity index is 1.73. The summed E-state index contributed by atoms with van der Waals surface area (Å²) < 4.78 is 7.36. The lowest BCUT2D eigenvalue weighted by Gasteiger charge is -2.20. The van der Waals surface area contributed by atoms with Crippen LogP contribution in [0.25, 0.3) is 0 Å². The molecule has 0 saturated carbocycles. The van der Waals surface area contributed by atoms with Crippen molar-refractivity contribution in [3.63, 3.8) is 0 Å². The summed E-state index contributed by atoms with van der Waals surface area (Å²) in [5.74, 6) is 1.60. The molecular formula is C20H31N5O2. The third-order valence-electron chi connectivity index (χ3n) is 4.09. The number of benzene rings is 1. The Labute approximate surface area is 161 Å². The summed E-state index contributed by atoms with van der Waals surface area (Å²) in [4.78, 5) is 4.51. The molecule has 7 heteroatoms. The Kier molecular flexibility index (Phi) is 8.13. The minimum absolute atomic E-state index is 0.255. The van der Waals surface area contributed by atoms with Gasteiger partial charge in [-0.3, -0.25) is 4.68 Å². The van der Waals surface area contributed by atoms with E-state index in [1.807, 2.05) is 50.5 Å². The molecule has 0 radical (unpaired) electrons. The first-order chi connectivity index (χ1) is 13.0. The number of aromatic nitrogens is 2. The summed E-state index contributed by atoms with van der Waals surface area (Å²) in [5, 5.41) is 21.2. The van der Waals surface area contributed by atoms with Crippen LogP contribution >= 0.6 is 0 Å². The zero-order valence-corrected chi connectivity index (χ0v) is 16.5. The van der Waals surface area contributed by atoms with Gasteiger partial charge >= 0.3 is 0 Å². The van der Waals surface area contributed by atoms with Gasteiger partial charge in [0.2, 0.25) is 0 Å². The van der Waals surface area contributed by atoms with Crippen LogP contribution in [0.1, 0.15) is 32.3 Å². The molecule has 0 aliphatic heterocycles. The Hall–Kier alpha value is -2.54. The number of hydrogen-bond donors (Lipinski definition) is 3. The zero-order valence-electron chi connectivity index (χ0n) is 16.5. The molecular weight excluding hydrogens is 342 g/mol. The van der Waals surface area contributed by atoms with Crippen molar-refractivity contribution in [1.29, 1.82) is 0 Å². The molecule has 1 heterocycles. The topological polar surface area (TPSA) is 83.7 Å². The molecule has 1 atom stereocenters. The van der Waals surface area contributed by atoms with Crippen molar-refractivity contribution in [2.75, 3.05) is 26.2 Å². The fraction of sp³-hybridized carbons (Fsp3) is 0.500. The molecule has 2 rings (SSSR count). The zero-order chi connectivity index (χ0) is 19.5. The van der Waals surface area contributed by atoms with Crippen LogP contribution in [0.5, 0.6) is 5.75 Å². The summed E-state index contributed by atoms with van der Waals surface area (Å²) in [6.45, 7) is 6.26. The molecule has 27 heavy (non-hydrogen) atoms. The second-order valence-electron chi connectivity index (χ2n) is 6.67. The van der Waals surface area contributed by atoms with Crippen LogP contribution in [-0.2, 0) is 12.6 Å². The average Bonchev–Trinajstić information content (AvgIpc) is 3.11. The predicted molar refractivity (Wildman–Crippen MR) is 108 cm³/mol. The molecule has 3 N–H and O–H groups in total. The maximum Gasteiger partial charge on any atom is 0.191 e. The molecule has 0 aliphatic carbocycles. The number of nitrogens with zero attached hydrogens (tertiary/aromatic N) is 3. The van der Waals surface area contributed by atoms with Crippen LogP contribution in [0, 0.1) is 0 Å². The molecule has 0 amide bonds. The number of ether oxygens (including phenoxy) is 1. The van der Waals surface area contributed by atoms with E-state index in [1.54, 1.807) is 17.8 Å². The second kappa shape index (κ2) is 10.6. The van der Waals surface area contributed by atoms with E-state index in [0.717, 1.165) is 37.2 Å². The Morgan fingerprint density at radius 3 is 2.70 bits per heavy atom. The smallest absolute Gasteiger partial charge is 0.191 e. The minimum Gasteiger partial charge on any atom is -0.494 e. The van der Waals surface area contributed by atoms with Gasteiger partial charge in [0.05, 0.1) is 19.3 Å². The molecule has 7 nitrogen and oxygen atoms in total. The number of para-hydroxylation sites is 1. The molecule has 0 spiro atoms. The third-order valence-corrected chi connectivity index (χ3v) is 4.09. The number of rotatable bonds is 10. The van der Waals surface area contributed by atoms with E-state index in [4.69, 9.17) is 4.74 Å². The molecule has 1 aromatic heterocycles. The van der Waals surface area contributed by atoms with E-state index >= 15 is 0 Å². The van der Waals surface area contributed by atoms with Crippen LogP contribution in [0.4, 0.5) is 0 Å². The number of aryl methyl sites for hydroxylation is 1. The summed E-state index contributed by atoms with van der Waals surface area (Å²) in [6.07, 6.45) is 5.40. The highest BCUT2D eigenvalue weighted by Gasteiger charge is 2.24. The first-order valence-electron chi connectivity index (χ1n) is 9.43. The van der Waals surface area contributed by atoms with Gasteiger partial charge in [-0.2, -0.15) is 5.10 Å². The van der Waals surface area contributed by atoms with Gasteiger partial charge in [-0.25, -0.2) is 4.99 Å². The average molecular weight is 374 g/mol. The van der Waals surface area contributed by atoms with Crippen LogP contribution in [0.15, 0.2) is 47.7 Å². The molecule has 1 unspecified atom stereocenters. The van der Waals surface area contributed by atoms with Crippen molar-refractivity contribution in [1.82, 2.24) is 20.4 Å². The lowest BCUT2D eigenvalue weighted by atomic mass is 10.0. The van der Waals surface area contributed by atoms with Crippen molar-refractivity contribution < 1.29 is 9.84 Å². The van der Waals surface area contributed by atoms with Gasteiger partial charge in [-0.05, 0) is 38.8 Å². The van der Waals surface area contributed by atoms with Crippen LogP contribution in [-0.4, -0.2) is 47.1 Å². The quantitative estimate of drug-likeness (QED) is 0.337. The van der Waals surface area contributed by atoms with E-state index in [2.05, 4.69) is 20.7 Å². The van der Waals surface area contributed by atoms with Gasteiger partial charge in [0.25, 0.3) is 0 Å². The highest BCUT2D eigenvalue weighted by Crippen LogP contribution is 2.19. The summed E-state index contributed by atoms with van der Waals surface area (Å²) in [5.41, 5.74) is -0.303. The Morgan fingerprint density at radius 1 is 1.26 bits per heavy atom. The SMILES string of the molecule is CCNC(=NCC(C)(O)c1cnn(C)c1)NCCCCOc1ccccc1. The van der Waals surface area contributed by atoms with E-state index in [0.29, 0.717) is 12.6 Å². The molecule has 1 aromatic carbocycles. The van der Waals surface area contributed by atoms with Crippen molar-refractivity contribution >= 4 is 5.96 Å². The first-order valence-corrected chi connectivity index (χ1v) is 9.43. The third kappa shape index (κ3) is 7.30. The van der Waals surface area contributed by atoms with Gasteiger partial charge in [0.1, 0.15) is 11.4 Å². The van der Waals surface area contributed by atoms with Crippen LogP contribution in [0.2, 0.25) is 0 Å². The Morgan fingerprint density at radius 2 is 2.04 bits per heavy atom. The maximum atomic E-state index is 10.6. The maximum absolute atomic E-state index is 10.6. The lowest BCUT2D eigenvalue weighted by Crippen LogP contribution is -2.39. The van der Waals surface area contributed by atoms with E-state index in [9.17, 15) is 5.11 Å². The summed E-state index contributed by atoms with van der Waals surface area (Å²) >= 11 is 0. The monoisotopic (exact) mass is 373 g/mol. The highest BCUT2D eigenvalue weighted by atomic mass is 16.5. The van der Waals surface area contributed by atoms with Gasteiger partial charge in [0.15, 0.2) is 5.96 Å². The fourth-order valence-electron chi connectivity index (χ4n) is 2.51. The molecule has 2 aromatic rings. The molecule has 0 fully saturated rings. The van der Waals surface area contributed by atoms with Gasteiger partial charge < -0.3 is 20.5 Å². The molecule has 148 valence electrons. The highest BCUT2D eigenvalue weighted by molar-refractivity contribution is 5.79. The van der Waals surface area contributed by atoms with Gasteiger partial charge in [-0.15, -0.1) is 0 Å². The molecule has 0 bridgehead atoms. The van der Waals surface area contributed by atoms with Crippen LogP contribution in [0.3, 0.4) is 0 Å². The van der Waals surface area contributed by atoms with Crippen molar-refractivity contribution in [2.24, 2.45) is 12.0 Å². The number of hydrogen-bond acceptors (Lipinski definition) is 4.